The highest BCUT2D eigenvalue weighted by Gasteiger charge is 2.04. The molecule has 0 unspecified atom stereocenters. The van der Waals surface area contributed by atoms with Gasteiger partial charge in [-0.15, -0.1) is 0 Å². The zero-order valence-corrected chi connectivity index (χ0v) is 7.65. The van der Waals surface area contributed by atoms with Crippen molar-refractivity contribution in [3.05, 3.63) is 28.7 Å². The quantitative estimate of drug-likeness (QED) is 0.683. The fraction of sp³-hybridized carbons (Fsp3) is 0.222. The third-order valence-corrected chi connectivity index (χ3v) is 2.06. The molecule has 2 N–H and O–H groups in total. The summed E-state index contributed by atoms with van der Waals surface area (Å²) in [5.41, 5.74) is 1.97. The molecule has 0 saturated heterocycles. The molecule has 0 aliphatic carbocycles. The van der Waals surface area contributed by atoms with Crippen molar-refractivity contribution in [2.75, 3.05) is 18.7 Å². The normalized spacial score (nSPS) is 10.7. The van der Waals surface area contributed by atoms with E-state index in [4.69, 9.17) is 9.52 Å². The van der Waals surface area contributed by atoms with Crippen LogP contribution in [0.5, 0.6) is 0 Å². The summed E-state index contributed by atoms with van der Waals surface area (Å²) in [6.45, 7) is -0.0758. The molecule has 2 rings (SSSR count). The smallest absolute Gasteiger partial charge is 0.408 e. The van der Waals surface area contributed by atoms with Crippen LogP contribution in [0.15, 0.2) is 27.4 Å². The van der Waals surface area contributed by atoms with Gasteiger partial charge < -0.3 is 14.4 Å². The lowest BCUT2D eigenvalue weighted by Gasteiger charge is -2.14. The van der Waals surface area contributed by atoms with Crippen molar-refractivity contribution in [2.24, 2.45) is 0 Å². The summed E-state index contributed by atoms with van der Waals surface area (Å²) >= 11 is 0. The zero-order valence-electron chi connectivity index (χ0n) is 7.65. The Hall–Kier alpha value is -1.75. The van der Waals surface area contributed by atoms with Crippen LogP contribution in [0.1, 0.15) is 0 Å². The summed E-state index contributed by atoms with van der Waals surface area (Å²) in [6.07, 6.45) is 0. The van der Waals surface area contributed by atoms with Crippen LogP contribution in [0.25, 0.3) is 11.1 Å². The molecular weight excluding hydrogens is 184 g/mol. The molecule has 74 valence electrons. The Balaban J connectivity index is 2.55. The molecule has 14 heavy (non-hydrogen) atoms. The van der Waals surface area contributed by atoms with Crippen molar-refractivity contribution in [1.29, 1.82) is 0 Å². The van der Waals surface area contributed by atoms with Gasteiger partial charge in [0.15, 0.2) is 5.58 Å². The molecule has 0 atom stereocenters. The lowest BCUT2D eigenvalue weighted by Crippen LogP contribution is -2.17. The van der Waals surface area contributed by atoms with E-state index in [0.29, 0.717) is 11.1 Å². The first-order valence-corrected chi connectivity index (χ1v) is 4.15. The number of oxazole rings is 1. The van der Waals surface area contributed by atoms with Gasteiger partial charge in [0.25, 0.3) is 0 Å². The number of aromatic amines is 1. The van der Waals surface area contributed by atoms with Crippen LogP contribution >= 0.6 is 0 Å². The largest absolute Gasteiger partial charge is 0.417 e. The number of benzene rings is 1. The summed E-state index contributed by atoms with van der Waals surface area (Å²) in [7, 11) is 1.75. The SMILES string of the molecule is CN(CO)c1ccc2oc(=O)[nH]c2c1. The van der Waals surface area contributed by atoms with Crippen molar-refractivity contribution in [3.8, 4) is 0 Å². The predicted molar refractivity (Wildman–Crippen MR) is 52.3 cm³/mol. The highest BCUT2D eigenvalue weighted by Crippen LogP contribution is 2.18. The second-order valence-corrected chi connectivity index (χ2v) is 3.03. The van der Waals surface area contributed by atoms with Gasteiger partial charge in [-0.1, -0.05) is 0 Å². The second-order valence-electron chi connectivity index (χ2n) is 3.03. The summed E-state index contributed by atoms with van der Waals surface area (Å²) in [5.74, 6) is -0.469. The fourth-order valence-corrected chi connectivity index (χ4v) is 1.26. The highest BCUT2D eigenvalue weighted by atomic mass is 16.4. The van der Waals surface area contributed by atoms with E-state index >= 15 is 0 Å². The Bertz CT molecular complexity index is 500. The molecule has 5 nitrogen and oxygen atoms in total. The van der Waals surface area contributed by atoms with Crippen molar-refractivity contribution in [1.82, 2.24) is 4.98 Å². The molecule has 0 aliphatic heterocycles. The molecule has 0 spiro atoms. The summed E-state index contributed by atoms with van der Waals surface area (Å²) in [5, 5.41) is 8.90. The van der Waals surface area contributed by atoms with Crippen LogP contribution in [0.4, 0.5) is 5.69 Å². The van der Waals surface area contributed by atoms with E-state index in [0.717, 1.165) is 5.69 Å². The van der Waals surface area contributed by atoms with Crippen LogP contribution < -0.4 is 10.7 Å². The van der Waals surface area contributed by atoms with Gasteiger partial charge in [0.1, 0.15) is 6.73 Å². The Morgan fingerprint density at radius 3 is 3.07 bits per heavy atom. The number of nitrogens with one attached hydrogen (secondary N) is 1. The number of hydrogen-bond donors (Lipinski definition) is 2. The van der Waals surface area contributed by atoms with Gasteiger partial charge in [0, 0.05) is 12.7 Å². The predicted octanol–water partition coefficient (Wildman–Crippen LogP) is 0.507. The zero-order chi connectivity index (χ0) is 10.1. The van der Waals surface area contributed by atoms with Gasteiger partial charge in [-0.25, -0.2) is 4.79 Å². The molecule has 2 aromatic rings. The van der Waals surface area contributed by atoms with Crippen LogP contribution in [-0.2, 0) is 0 Å². The van der Waals surface area contributed by atoms with Gasteiger partial charge in [-0.05, 0) is 18.2 Å². The van der Waals surface area contributed by atoms with E-state index in [1.807, 2.05) is 0 Å². The molecule has 5 heteroatoms. The molecule has 0 fully saturated rings. The average molecular weight is 194 g/mol. The summed E-state index contributed by atoms with van der Waals surface area (Å²) in [6, 6.07) is 5.21. The van der Waals surface area contributed by atoms with E-state index in [2.05, 4.69) is 4.98 Å². The minimum atomic E-state index is -0.469. The number of rotatable bonds is 2. The maximum atomic E-state index is 10.9. The standard InChI is InChI=1S/C9H10N2O3/c1-11(5-12)6-2-3-8-7(4-6)10-9(13)14-8/h2-4,12H,5H2,1H3,(H,10,13). The Labute approximate surface area is 79.6 Å². The van der Waals surface area contributed by atoms with E-state index in [-0.39, 0.29) is 6.73 Å². The monoisotopic (exact) mass is 194 g/mol. The summed E-state index contributed by atoms with van der Waals surface area (Å²) < 4.78 is 4.84. The lowest BCUT2D eigenvalue weighted by molar-refractivity contribution is 0.298. The van der Waals surface area contributed by atoms with Crippen molar-refractivity contribution in [2.45, 2.75) is 0 Å². The number of hydrogen-bond acceptors (Lipinski definition) is 4. The molecule has 0 saturated carbocycles. The van der Waals surface area contributed by atoms with Crippen LogP contribution in [0, 0.1) is 0 Å². The molecular formula is C9H10N2O3. The minimum absolute atomic E-state index is 0.0758. The number of anilines is 1. The van der Waals surface area contributed by atoms with Crippen LogP contribution in [0.2, 0.25) is 0 Å². The molecule has 0 bridgehead atoms. The first-order valence-electron chi connectivity index (χ1n) is 4.15. The topological polar surface area (TPSA) is 69.5 Å². The molecule has 1 aromatic heterocycles. The Morgan fingerprint density at radius 2 is 2.36 bits per heavy atom. The van der Waals surface area contributed by atoms with Crippen LogP contribution in [0.3, 0.4) is 0 Å². The van der Waals surface area contributed by atoms with Crippen molar-refractivity contribution >= 4 is 16.8 Å². The Kier molecular flexibility index (Phi) is 2.01. The average Bonchev–Trinajstić information content (AvgIpc) is 2.55. The number of H-pyrrole nitrogens is 1. The summed E-state index contributed by atoms with van der Waals surface area (Å²) in [4.78, 5) is 15.0. The van der Waals surface area contributed by atoms with E-state index < -0.39 is 5.76 Å². The van der Waals surface area contributed by atoms with Gasteiger partial charge in [0.2, 0.25) is 0 Å². The maximum Gasteiger partial charge on any atom is 0.417 e. The van der Waals surface area contributed by atoms with E-state index in [1.165, 1.54) is 0 Å². The lowest BCUT2D eigenvalue weighted by atomic mass is 10.3. The van der Waals surface area contributed by atoms with Gasteiger partial charge in [-0.2, -0.15) is 0 Å². The van der Waals surface area contributed by atoms with Crippen LogP contribution in [-0.4, -0.2) is 23.9 Å². The van der Waals surface area contributed by atoms with Gasteiger partial charge in [0.05, 0.1) is 5.52 Å². The molecule has 0 aliphatic rings. The molecule has 1 heterocycles. The number of nitrogens with zero attached hydrogens (tertiary/aromatic N) is 1. The van der Waals surface area contributed by atoms with Gasteiger partial charge >= 0.3 is 5.76 Å². The third-order valence-electron chi connectivity index (χ3n) is 2.06. The highest BCUT2D eigenvalue weighted by molar-refractivity contribution is 5.77. The maximum absolute atomic E-state index is 10.9. The number of aliphatic hydroxyl groups is 1. The van der Waals surface area contributed by atoms with Crippen molar-refractivity contribution < 1.29 is 9.52 Å². The second kappa shape index (κ2) is 3.19. The minimum Gasteiger partial charge on any atom is -0.408 e. The number of aliphatic hydroxyl groups excluding tert-OH is 1. The van der Waals surface area contributed by atoms with Crippen molar-refractivity contribution in [3.63, 3.8) is 0 Å². The molecule has 1 aromatic carbocycles. The Morgan fingerprint density at radius 1 is 1.57 bits per heavy atom. The van der Waals surface area contributed by atoms with E-state index in [1.54, 1.807) is 30.1 Å². The van der Waals surface area contributed by atoms with E-state index in [9.17, 15) is 4.79 Å². The first kappa shape index (κ1) is 8.83. The molecule has 0 radical (unpaired) electrons. The van der Waals surface area contributed by atoms with Gasteiger partial charge in [-0.3, -0.25) is 4.98 Å². The number of aromatic nitrogens is 1. The fourth-order valence-electron chi connectivity index (χ4n) is 1.26. The third kappa shape index (κ3) is 1.38. The molecule has 0 amide bonds. The first-order chi connectivity index (χ1) is 6.70. The number of fused-ring (bicyclic) bond motifs is 1.